The fourth-order valence-corrected chi connectivity index (χ4v) is 2.55. The normalized spacial score (nSPS) is 10.8. The van der Waals surface area contributed by atoms with Crippen molar-refractivity contribution in [3.8, 4) is 17.0 Å². The van der Waals surface area contributed by atoms with Gasteiger partial charge in [-0.1, -0.05) is 41.9 Å². The van der Waals surface area contributed by atoms with Crippen LogP contribution in [0, 0.1) is 0 Å². The lowest BCUT2D eigenvalue weighted by molar-refractivity contribution is 0.340. The van der Waals surface area contributed by atoms with E-state index in [1.54, 1.807) is 18.3 Å². The number of hydrogen-bond acceptors (Lipinski definition) is 5. The quantitative estimate of drug-likeness (QED) is 0.510. The lowest BCUT2D eigenvalue weighted by Gasteiger charge is -2.06. The molecule has 132 valence electrons. The van der Waals surface area contributed by atoms with Crippen molar-refractivity contribution in [2.45, 2.75) is 6.92 Å². The number of nitrogens with zero attached hydrogens (tertiary/aromatic N) is 2. The van der Waals surface area contributed by atoms with Crippen molar-refractivity contribution >= 4 is 23.8 Å². The van der Waals surface area contributed by atoms with Gasteiger partial charge in [-0.3, -0.25) is 9.78 Å². The van der Waals surface area contributed by atoms with Crippen molar-refractivity contribution in [1.29, 1.82) is 0 Å². The molecule has 6 nitrogen and oxygen atoms in total. The largest absolute Gasteiger partial charge is 0.492 e. The minimum absolute atomic E-state index is 0.254. The van der Waals surface area contributed by atoms with Gasteiger partial charge < -0.3 is 4.74 Å². The highest BCUT2D eigenvalue weighted by Crippen LogP contribution is 2.24. The van der Waals surface area contributed by atoms with Gasteiger partial charge >= 0.3 is 0 Å². The second-order valence-corrected chi connectivity index (χ2v) is 5.75. The number of hydrazone groups is 1. The van der Waals surface area contributed by atoms with Gasteiger partial charge in [0, 0.05) is 11.6 Å². The van der Waals surface area contributed by atoms with Gasteiger partial charge in [0.15, 0.2) is 0 Å². The Bertz CT molecular complexity index is 971. The highest BCUT2D eigenvalue weighted by atomic mass is 35.5. The van der Waals surface area contributed by atoms with Gasteiger partial charge in [-0.15, -0.1) is 0 Å². The van der Waals surface area contributed by atoms with E-state index in [1.807, 2.05) is 43.3 Å². The van der Waals surface area contributed by atoms with Crippen LogP contribution in [0.25, 0.3) is 11.3 Å². The number of aromatic nitrogens is 2. The maximum Gasteiger partial charge on any atom is 0.252 e. The van der Waals surface area contributed by atoms with Crippen LogP contribution in [0.1, 0.15) is 12.5 Å². The van der Waals surface area contributed by atoms with E-state index >= 15 is 0 Å². The van der Waals surface area contributed by atoms with Crippen LogP contribution in [0.3, 0.4) is 0 Å². The lowest BCUT2D eigenvalue weighted by atomic mass is 10.1. The molecule has 7 heteroatoms. The Morgan fingerprint density at radius 3 is 2.77 bits per heavy atom. The van der Waals surface area contributed by atoms with Crippen LogP contribution in [0.4, 0.5) is 5.95 Å². The smallest absolute Gasteiger partial charge is 0.252 e. The molecule has 1 heterocycles. The highest BCUT2D eigenvalue weighted by molar-refractivity contribution is 6.32. The molecule has 26 heavy (non-hydrogen) atoms. The zero-order valence-corrected chi connectivity index (χ0v) is 14.8. The first-order valence-corrected chi connectivity index (χ1v) is 8.41. The molecule has 0 aliphatic rings. The van der Waals surface area contributed by atoms with E-state index in [1.165, 1.54) is 6.07 Å². The average molecular weight is 369 g/mol. The number of anilines is 1. The first-order valence-electron chi connectivity index (χ1n) is 8.04. The first kappa shape index (κ1) is 17.7. The van der Waals surface area contributed by atoms with E-state index in [4.69, 9.17) is 16.3 Å². The molecule has 0 unspecified atom stereocenters. The van der Waals surface area contributed by atoms with Crippen LogP contribution in [-0.2, 0) is 0 Å². The Labute approximate surface area is 155 Å². The second kappa shape index (κ2) is 8.31. The molecule has 0 radical (unpaired) electrons. The minimum atomic E-state index is -0.263. The highest BCUT2D eigenvalue weighted by Gasteiger charge is 2.03. The molecule has 0 aliphatic carbocycles. The Morgan fingerprint density at radius 1 is 1.23 bits per heavy atom. The monoisotopic (exact) mass is 368 g/mol. The summed E-state index contributed by atoms with van der Waals surface area (Å²) < 4.78 is 5.39. The van der Waals surface area contributed by atoms with Crippen molar-refractivity contribution in [3.63, 3.8) is 0 Å². The van der Waals surface area contributed by atoms with Gasteiger partial charge in [0.1, 0.15) is 5.75 Å². The topological polar surface area (TPSA) is 79.4 Å². The summed E-state index contributed by atoms with van der Waals surface area (Å²) in [5, 5.41) is 4.61. The molecule has 0 atom stereocenters. The third kappa shape index (κ3) is 4.49. The number of H-pyrrole nitrogens is 1. The van der Waals surface area contributed by atoms with Crippen molar-refractivity contribution < 1.29 is 4.74 Å². The standard InChI is InChI=1S/C19H17ClN4O2/c1-2-26-17-9-8-13(10-15(17)20)12-21-24-19-22-16(11-18(25)23-19)14-6-4-3-5-7-14/h3-12H,2H2,1H3,(H2,22,23,24,25)/b21-12-. The lowest BCUT2D eigenvalue weighted by Crippen LogP contribution is -2.10. The summed E-state index contributed by atoms with van der Waals surface area (Å²) in [6.45, 7) is 2.44. The number of rotatable bonds is 6. The fraction of sp³-hybridized carbons (Fsp3) is 0.105. The van der Waals surface area contributed by atoms with Gasteiger partial charge in [0.2, 0.25) is 5.95 Å². The molecule has 0 aliphatic heterocycles. The molecule has 3 aromatic rings. The summed E-state index contributed by atoms with van der Waals surface area (Å²) in [4.78, 5) is 18.8. The molecule has 3 rings (SSSR count). The maximum atomic E-state index is 11.8. The molecule has 0 saturated heterocycles. The van der Waals surface area contributed by atoms with E-state index in [9.17, 15) is 4.79 Å². The van der Waals surface area contributed by atoms with Crippen LogP contribution < -0.4 is 15.7 Å². The number of hydrogen-bond donors (Lipinski definition) is 2. The van der Waals surface area contributed by atoms with Crippen molar-refractivity contribution in [3.05, 3.63) is 75.5 Å². The van der Waals surface area contributed by atoms with Crippen molar-refractivity contribution in [2.24, 2.45) is 5.10 Å². The zero-order valence-electron chi connectivity index (χ0n) is 14.1. The average Bonchev–Trinajstić information content (AvgIpc) is 2.64. The molecule has 0 amide bonds. The van der Waals surface area contributed by atoms with Crippen molar-refractivity contribution in [1.82, 2.24) is 9.97 Å². The van der Waals surface area contributed by atoms with Crippen LogP contribution in [0.15, 0.2) is 64.5 Å². The predicted molar refractivity (Wildman–Crippen MR) is 104 cm³/mol. The SMILES string of the molecule is CCOc1ccc(/C=N\Nc2nc(-c3ccccc3)cc(=O)[nH]2)cc1Cl. The third-order valence-corrected chi connectivity index (χ3v) is 3.75. The summed E-state index contributed by atoms with van der Waals surface area (Å²) >= 11 is 6.15. The summed E-state index contributed by atoms with van der Waals surface area (Å²) in [7, 11) is 0. The first-order chi connectivity index (χ1) is 12.7. The van der Waals surface area contributed by atoms with Gasteiger partial charge in [-0.2, -0.15) is 5.10 Å². The molecule has 1 aromatic heterocycles. The Balaban J connectivity index is 1.75. The zero-order chi connectivity index (χ0) is 18.4. The van der Waals surface area contributed by atoms with Gasteiger partial charge in [-0.25, -0.2) is 10.4 Å². The van der Waals surface area contributed by atoms with E-state index in [0.717, 1.165) is 11.1 Å². The Morgan fingerprint density at radius 2 is 2.04 bits per heavy atom. The molecular weight excluding hydrogens is 352 g/mol. The summed E-state index contributed by atoms with van der Waals surface area (Å²) in [6.07, 6.45) is 1.58. The summed E-state index contributed by atoms with van der Waals surface area (Å²) in [6, 6.07) is 16.3. The number of ether oxygens (including phenoxy) is 1. The van der Waals surface area contributed by atoms with E-state index in [-0.39, 0.29) is 11.5 Å². The second-order valence-electron chi connectivity index (χ2n) is 5.34. The van der Waals surface area contributed by atoms with Crippen LogP contribution >= 0.6 is 11.6 Å². The minimum Gasteiger partial charge on any atom is -0.492 e. The van der Waals surface area contributed by atoms with Crippen LogP contribution in [-0.4, -0.2) is 22.8 Å². The van der Waals surface area contributed by atoms with Gasteiger partial charge in [-0.05, 0) is 30.7 Å². The summed E-state index contributed by atoms with van der Waals surface area (Å²) in [5.41, 5.74) is 4.67. The number of aromatic amines is 1. The van der Waals surface area contributed by atoms with Crippen LogP contribution in [0.5, 0.6) is 5.75 Å². The molecule has 0 bridgehead atoms. The Kier molecular flexibility index (Phi) is 5.66. The number of benzene rings is 2. The molecular formula is C19H17ClN4O2. The molecule has 2 N–H and O–H groups in total. The van der Waals surface area contributed by atoms with E-state index in [2.05, 4.69) is 20.5 Å². The van der Waals surface area contributed by atoms with E-state index in [0.29, 0.717) is 23.1 Å². The molecule has 2 aromatic carbocycles. The molecule has 0 fully saturated rings. The molecule has 0 spiro atoms. The maximum absolute atomic E-state index is 11.8. The number of nitrogens with one attached hydrogen (secondary N) is 2. The number of halogens is 1. The van der Waals surface area contributed by atoms with Crippen molar-refractivity contribution in [2.75, 3.05) is 12.0 Å². The Hall–Kier alpha value is -3.12. The molecule has 0 saturated carbocycles. The predicted octanol–water partition coefficient (Wildman–Crippen LogP) is 3.94. The van der Waals surface area contributed by atoms with E-state index < -0.39 is 0 Å². The van der Waals surface area contributed by atoms with Gasteiger partial charge in [0.25, 0.3) is 5.56 Å². The fourth-order valence-electron chi connectivity index (χ4n) is 2.31. The summed E-state index contributed by atoms with van der Waals surface area (Å²) in [5.74, 6) is 0.880. The van der Waals surface area contributed by atoms with Crippen LogP contribution in [0.2, 0.25) is 5.02 Å². The third-order valence-electron chi connectivity index (χ3n) is 3.45. The van der Waals surface area contributed by atoms with Gasteiger partial charge in [0.05, 0.1) is 23.5 Å².